The van der Waals surface area contributed by atoms with Gasteiger partial charge >= 0.3 is 0 Å². The Kier molecular flexibility index (Phi) is 4.43. The average Bonchev–Trinajstić information content (AvgIpc) is 3.16. The zero-order valence-corrected chi connectivity index (χ0v) is 14.2. The molecule has 0 unspecified atom stereocenters. The first-order chi connectivity index (χ1) is 12.8. The molecule has 2 aromatic heterocycles. The molecule has 0 aliphatic heterocycles. The molecule has 5 nitrogen and oxygen atoms in total. The van der Waals surface area contributed by atoms with Gasteiger partial charge < -0.3 is 5.32 Å². The quantitative estimate of drug-likeness (QED) is 0.596. The van der Waals surface area contributed by atoms with E-state index in [9.17, 15) is 4.79 Å². The molecule has 0 bridgehead atoms. The van der Waals surface area contributed by atoms with E-state index in [0.717, 1.165) is 22.2 Å². The summed E-state index contributed by atoms with van der Waals surface area (Å²) < 4.78 is 1.82. The highest BCUT2D eigenvalue weighted by atomic mass is 16.1. The predicted molar refractivity (Wildman–Crippen MR) is 102 cm³/mol. The minimum atomic E-state index is -0.0328. The highest BCUT2D eigenvalue weighted by Crippen LogP contribution is 2.16. The van der Waals surface area contributed by atoms with Gasteiger partial charge in [-0.1, -0.05) is 36.4 Å². The van der Waals surface area contributed by atoms with E-state index >= 15 is 0 Å². The van der Waals surface area contributed by atoms with Gasteiger partial charge in [0.05, 0.1) is 29.3 Å². The molecule has 0 radical (unpaired) electrons. The summed E-state index contributed by atoms with van der Waals surface area (Å²) in [5.74, 6) is -0.0328. The minimum Gasteiger partial charge on any atom is -0.325 e. The molecule has 0 saturated heterocycles. The monoisotopic (exact) mass is 342 g/mol. The first-order valence-corrected chi connectivity index (χ1v) is 8.51. The molecule has 26 heavy (non-hydrogen) atoms. The smallest absolute Gasteiger partial charge is 0.224 e. The summed E-state index contributed by atoms with van der Waals surface area (Å²) in [6, 6.07) is 19.7. The Morgan fingerprint density at radius 3 is 2.69 bits per heavy atom. The van der Waals surface area contributed by atoms with Crippen molar-refractivity contribution in [2.75, 3.05) is 5.32 Å². The van der Waals surface area contributed by atoms with Crippen LogP contribution in [0.5, 0.6) is 0 Å². The maximum atomic E-state index is 12.2. The van der Waals surface area contributed by atoms with Crippen molar-refractivity contribution in [2.45, 2.75) is 12.8 Å². The fourth-order valence-corrected chi connectivity index (χ4v) is 2.83. The lowest BCUT2D eigenvalue weighted by atomic mass is 10.2. The van der Waals surface area contributed by atoms with Crippen LogP contribution >= 0.6 is 0 Å². The molecule has 2 heterocycles. The molecular formula is C21H18N4O. The summed E-state index contributed by atoms with van der Waals surface area (Å²) in [6.45, 7) is 0. The summed E-state index contributed by atoms with van der Waals surface area (Å²) in [5.41, 5.74) is 3.67. The molecular weight excluding hydrogens is 324 g/mol. The number of hydrogen-bond acceptors (Lipinski definition) is 3. The summed E-state index contributed by atoms with van der Waals surface area (Å²) in [6.07, 6.45) is 6.48. The molecule has 1 N–H and O–H groups in total. The fourth-order valence-electron chi connectivity index (χ4n) is 2.83. The summed E-state index contributed by atoms with van der Waals surface area (Å²) in [7, 11) is 0. The minimum absolute atomic E-state index is 0.0328. The number of para-hydroxylation sites is 2. The van der Waals surface area contributed by atoms with E-state index < -0.39 is 0 Å². The van der Waals surface area contributed by atoms with E-state index in [0.29, 0.717) is 18.5 Å². The number of fused-ring (bicyclic) bond motifs is 1. The van der Waals surface area contributed by atoms with Gasteiger partial charge in [0, 0.05) is 18.0 Å². The van der Waals surface area contributed by atoms with Crippen LogP contribution in [0.25, 0.3) is 16.6 Å². The Hall–Kier alpha value is -3.47. The van der Waals surface area contributed by atoms with Crippen molar-refractivity contribution in [2.24, 2.45) is 0 Å². The molecule has 0 spiro atoms. The number of aromatic nitrogens is 3. The lowest BCUT2D eigenvalue weighted by Gasteiger charge is -2.05. The van der Waals surface area contributed by atoms with Crippen molar-refractivity contribution in [3.63, 3.8) is 0 Å². The van der Waals surface area contributed by atoms with Crippen molar-refractivity contribution >= 4 is 22.5 Å². The Bertz CT molecular complexity index is 1040. The van der Waals surface area contributed by atoms with Gasteiger partial charge in [0.25, 0.3) is 0 Å². The Morgan fingerprint density at radius 1 is 1.00 bits per heavy atom. The number of amides is 1. The van der Waals surface area contributed by atoms with Gasteiger partial charge in [-0.15, -0.1) is 0 Å². The number of nitrogens with zero attached hydrogens (tertiary/aromatic N) is 3. The van der Waals surface area contributed by atoms with Crippen molar-refractivity contribution in [3.05, 3.63) is 84.8 Å². The molecule has 4 rings (SSSR count). The van der Waals surface area contributed by atoms with Crippen LogP contribution in [-0.4, -0.2) is 20.7 Å². The molecule has 5 heteroatoms. The van der Waals surface area contributed by atoms with Gasteiger partial charge in [-0.25, -0.2) is 4.68 Å². The first kappa shape index (κ1) is 16.0. The molecule has 128 valence electrons. The topological polar surface area (TPSA) is 59.8 Å². The van der Waals surface area contributed by atoms with Gasteiger partial charge in [-0.2, -0.15) is 5.10 Å². The molecule has 4 aromatic rings. The normalized spacial score (nSPS) is 10.8. The van der Waals surface area contributed by atoms with E-state index in [-0.39, 0.29) is 5.91 Å². The van der Waals surface area contributed by atoms with E-state index in [2.05, 4.69) is 15.4 Å². The lowest BCUT2D eigenvalue weighted by Crippen LogP contribution is -2.12. The summed E-state index contributed by atoms with van der Waals surface area (Å²) >= 11 is 0. The van der Waals surface area contributed by atoms with Gasteiger partial charge in [0.15, 0.2) is 0 Å². The second kappa shape index (κ2) is 7.19. The summed E-state index contributed by atoms with van der Waals surface area (Å²) in [5, 5.41) is 8.28. The highest BCUT2D eigenvalue weighted by molar-refractivity contribution is 5.93. The van der Waals surface area contributed by atoms with Gasteiger partial charge in [-0.3, -0.25) is 9.78 Å². The van der Waals surface area contributed by atoms with Crippen molar-refractivity contribution in [1.82, 2.24) is 14.8 Å². The summed E-state index contributed by atoms with van der Waals surface area (Å²) in [4.78, 5) is 16.6. The maximum absolute atomic E-state index is 12.2. The van der Waals surface area contributed by atoms with Crippen LogP contribution in [0.15, 0.2) is 79.3 Å². The largest absolute Gasteiger partial charge is 0.325 e. The molecule has 2 aromatic carbocycles. The Balaban J connectivity index is 1.37. The van der Waals surface area contributed by atoms with Crippen LogP contribution in [0, 0.1) is 0 Å². The van der Waals surface area contributed by atoms with E-state index in [1.807, 2.05) is 71.5 Å². The number of rotatable bonds is 5. The molecule has 0 saturated carbocycles. The number of nitrogens with one attached hydrogen (secondary N) is 1. The number of anilines is 1. The lowest BCUT2D eigenvalue weighted by molar-refractivity contribution is -0.116. The van der Waals surface area contributed by atoms with Crippen LogP contribution in [0.2, 0.25) is 0 Å². The van der Waals surface area contributed by atoms with Crippen molar-refractivity contribution in [3.8, 4) is 5.69 Å². The number of benzene rings is 2. The molecule has 0 fully saturated rings. The Morgan fingerprint density at radius 2 is 1.81 bits per heavy atom. The van der Waals surface area contributed by atoms with Gasteiger partial charge in [-0.05, 0) is 36.2 Å². The molecule has 0 aliphatic carbocycles. The van der Waals surface area contributed by atoms with Crippen LogP contribution in [0.4, 0.5) is 5.69 Å². The SMILES string of the molecule is O=C(CCc1cnn(-c2ccccc2)c1)Nc1cnc2ccccc2c1. The van der Waals surface area contributed by atoms with Crippen LogP contribution in [0.3, 0.4) is 0 Å². The Labute approximate surface area is 151 Å². The zero-order valence-electron chi connectivity index (χ0n) is 14.2. The zero-order chi connectivity index (χ0) is 17.8. The van der Waals surface area contributed by atoms with E-state index in [1.54, 1.807) is 12.4 Å². The third kappa shape index (κ3) is 3.62. The molecule has 0 aliphatic rings. The van der Waals surface area contributed by atoms with Gasteiger partial charge in [0.1, 0.15) is 0 Å². The highest BCUT2D eigenvalue weighted by Gasteiger charge is 2.07. The number of pyridine rings is 1. The van der Waals surface area contributed by atoms with Crippen molar-refractivity contribution < 1.29 is 4.79 Å². The van der Waals surface area contributed by atoms with E-state index in [4.69, 9.17) is 0 Å². The van der Waals surface area contributed by atoms with Crippen LogP contribution in [-0.2, 0) is 11.2 Å². The second-order valence-corrected chi connectivity index (χ2v) is 6.09. The van der Waals surface area contributed by atoms with Crippen LogP contribution < -0.4 is 5.32 Å². The fraction of sp³-hybridized carbons (Fsp3) is 0.0952. The second-order valence-electron chi connectivity index (χ2n) is 6.09. The third-order valence-electron chi connectivity index (χ3n) is 4.17. The number of carbonyl (C=O) groups excluding carboxylic acids is 1. The average molecular weight is 342 g/mol. The maximum Gasteiger partial charge on any atom is 0.224 e. The molecule has 0 atom stereocenters. The first-order valence-electron chi connectivity index (χ1n) is 8.51. The molecule has 1 amide bonds. The number of carbonyl (C=O) groups is 1. The standard InChI is InChI=1S/C21H18N4O/c26-21(24-18-12-17-6-4-5-9-20(17)22-14-18)11-10-16-13-23-25(15-16)19-7-2-1-3-8-19/h1-9,12-15H,10-11H2,(H,24,26). The van der Waals surface area contributed by atoms with E-state index in [1.165, 1.54) is 0 Å². The van der Waals surface area contributed by atoms with Gasteiger partial charge in [0.2, 0.25) is 5.91 Å². The van der Waals surface area contributed by atoms with Crippen molar-refractivity contribution in [1.29, 1.82) is 0 Å². The predicted octanol–water partition coefficient (Wildman–Crippen LogP) is 3.99. The van der Waals surface area contributed by atoms with Crippen LogP contribution in [0.1, 0.15) is 12.0 Å². The number of aryl methyl sites for hydroxylation is 1. The number of hydrogen-bond donors (Lipinski definition) is 1. The third-order valence-corrected chi connectivity index (χ3v) is 4.17.